The lowest BCUT2D eigenvalue weighted by molar-refractivity contribution is 0.466. The molecule has 1 atom stereocenters. The monoisotopic (exact) mass is 330 g/mol. The van der Waals surface area contributed by atoms with Gasteiger partial charge in [-0.1, -0.05) is 51.3 Å². The summed E-state index contributed by atoms with van der Waals surface area (Å²) >= 11 is 0. The van der Waals surface area contributed by atoms with Gasteiger partial charge in [0.25, 0.3) is 0 Å². The zero-order chi connectivity index (χ0) is 17.3. The van der Waals surface area contributed by atoms with Crippen molar-refractivity contribution in [1.29, 1.82) is 0 Å². The Balaban J connectivity index is 1.90. The minimum atomic E-state index is -0.405. The molecular weight excluding hydrogens is 306 g/mol. The van der Waals surface area contributed by atoms with Crippen LogP contribution in [0.15, 0.2) is 28.7 Å². The van der Waals surface area contributed by atoms with Crippen molar-refractivity contribution < 1.29 is 13.2 Å². The second-order valence-electron chi connectivity index (χ2n) is 6.88. The van der Waals surface area contributed by atoms with Gasteiger partial charge in [0.15, 0.2) is 22.8 Å². The summed E-state index contributed by atoms with van der Waals surface area (Å²) in [7, 11) is 0. The van der Waals surface area contributed by atoms with E-state index in [-0.39, 0.29) is 17.0 Å². The van der Waals surface area contributed by atoms with E-state index in [4.69, 9.17) is 4.42 Å². The van der Waals surface area contributed by atoms with Crippen molar-refractivity contribution in [3.63, 3.8) is 0 Å². The van der Waals surface area contributed by atoms with Gasteiger partial charge in [-0.05, 0) is 42.9 Å². The first-order valence-corrected chi connectivity index (χ1v) is 8.81. The minimum Gasteiger partial charge on any atom is -0.450 e. The predicted molar refractivity (Wildman–Crippen MR) is 95.4 cm³/mol. The largest absolute Gasteiger partial charge is 0.450 e. The molecule has 1 heterocycles. The summed E-state index contributed by atoms with van der Waals surface area (Å²) in [6.45, 7) is 6.11. The van der Waals surface area contributed by atoms with Crippen LogP contribution < -0.4 is 0 Å². The molecule has 1 unspecified atom stereocenters. The first-order valence-electron chi connectivity index (χ1n) is 8.81. The minimum absolute atomic E-state index is 0.151. The predicted octanol–water partition coefficient (Wildman–Crippen LogP) is 6.93. The van der Waals surface area contributed by atoms with Crippen molar-refractivity contribution in [1.82, 2.24) is 0 Å². The Hall–Kier alpha value is -1.90. The average Bonchev–Trinajstić information content (AvgIpc) is 2.94. The van der Waals surface area contributed by atoms with Gasteiger partial charge in [0.1, 0.15) is 0 Å². The number of rotatable bonds is 6. The van der Waals surface area contributed by atoms with Gasteiger partial charge in [0.05, 0.1) is 0 Å². The number of benzene rings is 2. The third-order valence-corrected chi connectivity index (χ3v) is 4.89. The third kappa shape index (κ3) is 3.04. The Kier molecular flexibility index (Phi) is 4.88. The summed E-state index contributed by atoms with van der Waals surface area (Å²) in [5.74, 6) is -0.0768. The molecular formula is C21H24F2O. The van der Waals surface area contributed by atoms with Crippen molar-refractivity contribution in [2.24, 2.45) is 5.92 Å². The maximum Gasteiger partial charge on any atom is 0.171 e. The van der Waals surface area contributed by atoms with Crippen molar-refractivity contribution in [3.8, 4) is 0 Å². The number of fused-ring (bicyclic) bond motifs is 3. The van der Waals surface area contributed by atoms with Gasteiger partial charge < -0.3 is 4.42 Å². The smallest absolute Gasteiger partial charge is 0.171 e. The zero-order valence-corrected chi connectivity index (χ0v) is 14.6. The summed E-state index contributed by atoms with van der Waals surface area (Å²) in [5, 5.41) is 1.28. The van der Waals surface area contributed by atoms with Crippen molar-refractivity contribution in [2.45, 2.75) is 52.9 Å². The van der Waals surface area contributed by atoms with Crippen LogP contribution >= 0.6 is 0 Å². The zero-order valence-electron chi connectivity index (χ0n) is 14.6. The van der Waals surface area contributed by atoms with E-state index in [2.05, 4.69) is 13.8 Å². The average molecular weight is 330 g/mol. The Morgan fingerprint density at radius 1 is 0.958 bits per heavy atom. The van der Waals surface area contributed by atoms with Crippen LogP contribution in [0, 0.1) is 24.5 Å². The number of hydrogen-bond acceptors (Lipinski definition) is 1. The fraction of sp³-hybridized carbons (Fsp3) is 0.429. The van der Waals surface area contributed by atoms with E-state index in [1.54, 1.807) is 19.1 Å². The molecule has 24 heavy (non-hydrogen) atoms. The Morgan fingerprint density at radius 3 is 2.33 bits per heavy atom. The molecule has 0 aliphatic carbocycles. The van der Waals surface area contributed by atoms with Crippen LogP contribution in [0.25, 0.3) is 21.9 Å². The van der Waals surface area contributed by atoms with E-state index in [0.717, 1.165) is 12.8 Å². The third-order valence-electron chi connectivity index (χ3n) is 4.89. The lowest BCUT2D eigenvalue weighted by Crippen LogP contribution is -1.97. The maximum atomic E-state index is 14.8. The highest BCUT2D eigenvalue weighted by molar-refractivity contribution is 6.05. The highest BCUT2D eigenvalue weighted by Crippen LogP contribution is 2.34. The molecule has 0 bridgehead atoms. The van der Waals surface area contributed by atoms with Crippen LogP contribution in [-0.2, 0) is 6.42 Å². The molecule has 0 saturated heterocycles. The highest BCUT2D eigenvalue weighted by Gasteiger charge is 2.17. The topological polar surface area (TPSA) is 13.1 Å². The molecule has 0 aliphatic rings. The summed E-state index contributed by atoms with van der Waals surface area (Å²) in [5.41, 5.74) is 1.49. The number of aryl methyl sites for hydroxylation is 2. The number of hydrogen-bond donors (Lipinski definition) is 0. The second kappa shape index (κ2) is 6.92. The van der Waals surface area contributed by atoms with Crippen LogP contribution in [0.2, 0.25) is 0 Å². The van der Waals surface area contributed by atoms with E-state index in [0.29, 0.717) is 34.2 Å². The van der Waals surface area contributed by atoms with Crippen molar-refractivity contribution >= 4 is 21.9 Å². The molecule has 1 nitrogen and oxygen atoms in total. The maximum absolute atomic E-state index is 14.8. The standard InChI is InChI=1S/C21H24F2O/c1-4-6-13(2)7-5-8-15-10-12-17-16-11-9-14(3)18(22)20(16)24-21(17)19(15)23/h9-13H,4-8H2,1-3H3. The van der Waals surface area contributed by atoms with E-state index in [1.807, 2.05) is 12.1 Å². The molecule has 2 aromatic carbocycles. The lowest BCUT2D eigenvalue weighted by atomic mass is 9.97. The molecule has 0 aliphatic heterocycles. The molecule has 3 rings (SSSR count). The molecule has 1 aromatic heterocycles. The van der Waals surface area contributed by atoms with Crippen LogP contribution in [0.3, 0.4) is 0 Å². The first kappa shape index (κ1) is 16.9. The van der Waals surface area contributed by atoms with Gasteiger partial charge in [-0.25, -0.2) is 8.78 Å². The Bertz CT molecular complexity index is 863. The SMILES string of the molecule is CCCC(C)CCCc1ccc2c(oc3c(F)c(C)ccc32)c1F. The van der Waals surface area contributed by atoms with E-state index >= 15 is 0 Å². The molecule has 0 spiro atoms. The van der Waals surface area contributed by atoms with E-state index in [9.17, 15) is 8.78 Å². The van der Waals surface area contributed by atoms with Crippen LogP contribution in [0.1, 0.15) is 50.7 Å². The van der Waals surface area contributed by atoms with Gasteiger partial charge in [0, 0.05) is 10.8 Å². The molecule has 0 N–H and O–H groups in total. The molecule has 3 aromatic rings. The molecule has 128 valence electrons. The highest BCUT2D eigenvalue weighted by atomic mass is 19.1. The van der Waals surface area contributed by atoms with Crippen LogP contribution in [-0.4, -0.2) is 0 Å². The van der Waals surface area contributed by atoms with E-state index in [1.165, 1.54) is 12.8 Å². The summed E-state index contributed by atoms with van der Waals surface area (Å²) in [6, 6.07) is 7.16. The van der Waals surface area contributed by atoms with Crippen LogP contribution in [0.4, 0.5) is 8.78 Å². The van der Waals surface area contributed by atoms with Crippen molar-refractivity contribution in [3.05, 3.63) is 47.0 Å². The Morgan fingerprint density at radius 2 is 1.62 bits per heavy atom. The molecule has 3 heteroatoms. The number of halogens is 2. The normalized spacial score (nSPS) is 13.0. The fourth-order valence-corrected chi connectivity index (χ4v) is 3.45. The summed E-state index contributed by atoms with van der Waals surface area (Å²) < 4.78 is 34.6. The fourth-order valence-electron chi connectivity index (χ4n) is 3.45. The quantitative estimate of drug-likeness (QED) is 0.477. The van der Waals surface area contributed by atoms with Crippen LogP contribution in [0.5, 0.6) is 0 Å². The van der Waals surface area contributed by atoms with Gasteiger partial charge in [-0.3, -0.25) is 0 Å². The summed E-state index contributed by atoms with van der Waals surface area (Å²) in [4.78, 5) is 0. The lowest BCUT2D eigenvalue weighted by Gasteiger charge is -2.09. The van der Waals surface area contributed by atoms with Gasteiger partial charge in [-0.2, -0.15) is 0 Å². The molecule has 0 saturated carbocycles. The van der Waals surface area contributed by atoms with Crippen molar-refractivity contribution in [2.75, 3.05) is 0 Å². The Labute approximate surface area is 141 Å². The van der Waals surface area contributed by atoms with Gasteiger partial charge >= 0.3 is 0 Å². The van der Waals surface area contributed by atoms with Gasteiger partial charge in [0.2, 0.25) is 0 Å². The summed E-state index contributed by atoms with van der Waals surface area (Å²) in [6.07, 6.45) is 5.14. The first-order chi connectivity index (χ1) is 11.5. The second-order valence-corrected chi connectivity index (χ2v) is 6.88. The molecule has 0 radical (unpaired) electrons. The van der Waals surface area contributed by atoms with Gasteiger partial charge in [-0.15, -0.1) is 0 Å². The number of furan rings is 1. The van der Waals surface area contributed by atoms with E-state index < -0.39 is 5.82 Å². The molecule has 0 fully saturated rings. The molecule has 0 amide bonds.